The number of oxazole rings is 1. The highest BCUT2D eigenvalue weighted by Gasteiger charge is 2.20. The summed E-state index contributed by atoms with van der Waals surface area (Å²) in [5, 5.41) is 2.02. The van der Waals surface area contributed by atoms with Gasteiger partial charge in [0.25, 0.3) is 0 Å². The van der Waals surface area contributed by atoms with E-state index in [1.807, 2.05) is 42.5 Å². The lowest BCUT2D eigenvalue weighted by Gasteiger charge is -2.28. The summed E-state index contributed by atoms with van der Waals surface area (Å²) >= 11 is 0. The lowest BCUT2D eigenvalue weighted by atomic mass is 10.0. The van der Waals surface area contributed by atoms with E-state index in [9.17, 15) is 0 Å². The quantitative estimate of drug-likeness (QED) is 0.189. The van der Waals surface area contributed by atoms with E-state index in [2.05, 4.69) is 132 Å². The maximum absolute atomic E-state index is 6.37. The summed E-state index contributed by atoms with van der Waals surface area (Å²) < 4.78 is 12.5. The van der Waals surface area contributed by atoms with Gasteiger partial charge in [-0.15, -0.1) is 0 Å². The first-order valence-electron chi connectivity index (χ1n) is 15.7. The largest absolute Gasteiger partial charge is 0.456 e. The Kier molecular flexibility index (Phi) is 6.43. The third-order valence-electron chi connectivity index (χ3n) is 8.70. The molecule has 0 aliphatic rings. The predicted octanol–water partition coefficient (Wildman–Crippen LogP) is 12.2. The van der Waals surface area contributed by atoms with Gasteiger partial charge in [0.1, 0.15) is 16.7 Å². The van der Waals surface area contributed by atoms with Gasteiger partial charge in [-0.3, -0.25) is 0 Å². The molecule has 2 heterocycles. The Morgan fingerprint density at radius 1 is 0.404 bits per heavy atom. The SMILES string of the molecule is c1ccc(-c2ccc(N(c3ccc4oc5cc6oc(-c7ccccc7)nc6cc5c4c3)c3ccccc3-c3ccccc3)cc2)cc1. The van der Waals surface area contributed by atoms with Crippen LogP contribution in [0, 0.1) is 0 Å². The summed E-state index contributed by atoms with van der Waals surface area (Å²) in [6.45, 7) is 0. The molecule has 7 aromatic carbocycles. The minimum atomic E-state index is 0.598. The van der Waals surface area contributed by atoms with Gasteiger partial charge in [0, 0.05) is 39.3 Å². The molecule has 0 bridgehead atoms. The molecule has 0 aliphatic carbocycles. The molecule has 0 saturated carbocycles. The normalized spacial score (nSPS) is 11.4. The number of nitrogens with zero attached hydrogens (tertiary/aromatic N) is 2. The molecule has 2 aromatic heterocycles. The summed E-state index contributed by atoms with van der Waals surface area (Å²) in [7, 11) is 0. The first kappa shape index (κ1) is 27.0. The number of hydrogen-bond acceptors (Lipinski definition) is 4. The third kappa shape index (κ3) is 4.84. The third-order valence-corrected chi connectivity index (χ3v) is 8.70. The highest BCUT2D eigenvalue weighted by molar-refractivity contribution is 6.10. The summed E-state index contributed by atoms with van der Waals surface area (Å²) in [5.74, 6) is 0.598. The van der Waals surface area contributed by atoms with Crippen LogP contribution in [0.3, 0.4) is 0 Å². The van der Waals surface area contributed by atoms with Crippen molar-refractivity contribution in [3.63, 3.8) is 0 Å². The minimum absolute atomic E-state index is 0.598. The van der Waals surface area contributed by atoms with Crippen LogP contribution in [0.5, 0.6) is 0 Å². The van der Waals surface area contributed by atoms with Gasteiger partial charge in [-0.1, -0.05) is 109 Å². The Hall–Kier alpha value is -6.39. The van der Waals surface area contributed by atoms with Gasteiger partial charge in [0.15, 0.2) is 5.58 Å². The van der Waals surface area contributed by atoms with Crippen molar-refractivity contribution in [1.29, 1.82) is 0 Å². The maximum atomic E-state index is 6.37. The van der Waals surface area contributed by atoms with Gasteiger partial charge in [-0.2, -0.15) is 0 Å². The van der Waals surface area contributed by atoms with E-state index >= 15 is 0 Å². The number of rotatable bonds is 6. The highest BCUT2D eigenvalue weighted by Crippen LogP contribution is 2.43. The van der Waals surface area contributed by atoms with E-state index in [0.29, 0.717) is 11.5 Å². The molecule has 0 aliphatic heterocycles. The average Bonchev–Trinajstić information content (AvgIpc) is 3.73. The first-order chi connectivity index (χ1) is 23.3. The highest BCUT2D eigenvalue weighted by atomic mass is 16.4. The Labute approximate surface area is 271 Å². The van der Waals surface area contributed by atoms with Crippen molar-refractivity contribution < 1.29 is 8.83 Å². The van der Waals surface area contributed by atoms with Gasteiger partial charge in [-0.25, -0.2) is 4.98 Å². The smallest absolute Gasteiger partial charge is 0.227 e. The molecule has 47 heavy (non-hydrogen) atoms. The molecule has 0 unspecified atom stereocenters. The molecule has 4 nitrogen and oxygen atoms in total. The van der Waals surface area contributed by atoms with Crippen molar-refractivity contribution in [2.24, 2.45) is 0 Å². The van der Waals surface area contributed by atoms with E-state index in [-0.39, 0.29) is 0 Å². The summed E-state index contributed by atoms with van der Waals surface area (Å²) in [4.78, 5) is 7.16. The van der Waals surface area contributed by atoms with Crippen LogP contribution in [0.25, 0.3) is 66.7 Å². The molecule has 9 aromatic rings. The van der Waals surface area contributed by atoms with Crippen LogP contribution in [0.4, 0.5) is 17.1 Å². The zero-order valence-corrected chi connectivity index (χ0v) is 25.4. The van der Waals surface area contributed by atoms with Gasteiger partial charge in [0.05, 0.1) is 5.69 Å². The van der Waals surface area contributed by atoms with Crippen molar-refractivity contribution in [2.75, 3.05) is 4.90 Å². The van der Waals surface area contributed by atoms with E-state index < -0.39 is 0 Å². The summed E-state index contributed by atoms with van der Waals surface area (Å²) in [6, 6.07) is 58.8. The van der Waals surface area contributed by atoms with Crippen molar-refractivity contribution in [2.45, 2.75) is 0 Å². The molecular weight excluding hydrogens is 576 g/mol. The second-order valence-electron chi connectivity index (χ2n) is 11.6. The van der Waals surface area contributed by atoms with Gasteiger partial charge >= 0.3 is 0 Å². The van der Waals surface area contributed by atoms with Crippen LogP contribution in [-0.4, -0.2) is 4.98 Å². The first-order valence-corrected chi connectivity index (χ1v) is 15.7. The number of furan rings is 1. The van der Waals surface area contributed by atoms with Gasteiger partial charge in [-0.05, 0) is 71.3 Å². The second kappa shape index (κ2) is 11.2. The fourth-order valence-electron chi connectivity index (χ4n) is 6.42. The Morgan fingerprint density at radius 2 is 1.00 bits per heavy atom. The van der Waals surface area contributed by atoms with Crippen molar-refractivity contribution in [3.8, 4) is 33.7 Å². The van der Waals surface area contributed by atoms with Crippen molar-refractivity contribution in [1.82, 2.24) is 4.98 Å². The lowest BCUT2D eigenvalue weighted by molar-refractivity contribution is 0.617. The number of hydrogen-bond donors (Lipinski definition) is 0. The molecule has 0 N–H and O–H groups in total. The number of para-hydroxylation sites is 1. The van der Waals surface area contributed by atoms with Crippen LogP contribution in [0.2, 0.25) is 0 Å². The molecule has 222 valence electrons. The fraction of sp³-hybridized carbons (Fsp3) is 0. The Bertz CT molecular complexity index is 2500. The predicted molar refractivity (Wildman–Crippen MR) is 192 cm³/mol. The van der Waals surface area contributed by atoms with Gasteiger partial charge < -0.3 is 13.7 Å². The van der Waals surface area contributed by atoms with E-state index in [0.717, 1.165) is 61.2 Å². The molecule has 0 radical (unpaired) electrons. The minimum Gasteiger partial charge on any atom is -0.456 e. The lowest BCUT2D eigenvalue weighted by Crippen LogP contribution is -2.11. The number of aromatic nitrogens is 1. The molecular formula is C43H28N2O2. The number of anilines is 3. The van der Waals surface area contributed by atoms with Crippen molar-refractivity contribution in [3.05, 3.63) is 170 Å². The standard InChI is InChI=1S/C43H28N2O2/c1-4-12-29(13-5-1)30-20-22-33(23-21-30)45(39-19-11-10-18-35(39)31-14-6-2-7-15-31)34-24-25-40-36(26-34)37-27-38-42(28-41(37)46-40)47-43(44-38)32-16-8-3-9-17-32/h1-28H. The number of benzene rings is 7. The number of fused-ring (bicyclic) bond motifs is 4. The molecule has 0 spiro atoms. The molecule has 9 rings (SSSR count). The molecule has 0 amide bonds. The van der Waals surface area contributed by atoms with Crippen molar-refractivity contribution >= 4 is 50.1 Å². The molecule has 0 fully saturated rings. The zero-order valence-electron chi connectivity index (χ0n) is 25.4. The molecule has 4 heteroatoms. The monoisotopic (exact) mass is 604 g/mol. The molecule has 0 saturated heterocycles. The average molecular weight is 605 g/mol. The fourth-order valence-corrected chi connectivity index (χ4v) is 6.42. The van der Waals surface area contributed by atoms with E-state index in [4.69, 9.17) is 13.8 Å². The maximum Gasteiger partial charge on any atom is 0.227 e. The van der Waals surface area contributed by atoms with Gasteiger partial charge in [0.2, 0.25) is 5.89 Å². The van der Waals surface area contributed by atoms with E-state index in [1.165, 1.54) is 11.1 Å². The van der Waals surface area contributed by atoms with Crippen LogP contribution < -0.4 is 4.90 Å². The topological polar surface area (TPSA) is 42.4 Å². The summed E-state index contributed by atoms with van der Waals surface area (Å²) in [6.07, 6.45) is 0. The zero-order chi connectivity index (χ0) is 31.2. The van der Waals surface area contributed by atoms with Crippen LogP contribution in [0.15, 0.2) is 179 Å². The van der Waals surface area contributed by atoms with Crippen LogP contribution >= 0.6 is 0 Å². The Morgan fingerprint density at radius 3 is 1.74 bits per heavy atom. The van der Waals surface area contributed by atoms with E-state index in [1.54, 1.807) is 0 Å². The van der Waals surface area contributed by atoms with Crippen LogP contribution in [-0.2, 0) is 0 Å². The van der Waals surface area contributed by atoms with Crippen LogP contribution in [0.1, 0.15) is 0 Å². The summed E-state index contributed by atoms with van der Waals surface area (Å²) in [5.41, 5.74) is 11.9. The Balaban J connectivity index is 1.21. The molecule has 0 atom stereocenters. The second-order valence-corrected chi connectivity index (χ2v) is 11.6.